The summed E-state index contributed by atoms with van der Waals surface area (Å²) in [6.07, 6.45) is -10.5. The van der Waals surface area contributed by atoms with Crippen molar-refractivity contribution in [3.63, 3.8) is 0 Å². The fourth-order valence-electron chi connectivity index (χ4n) is 2.98. The molecule has 0 N–H and O–H groups in total. The maximum absolute atomic E-state index is 13.1. The molecule has 0 saturated carbocycles. The Bertz CT molecular complexity index is 1040. The lowest BCUT2D eigenvalue weighted by molar-refractivity contribution is -0.274. The van der Waals surface area contributed by atoms with Crippen LogP contribution >= 0.6 is 0 Å². The summed E-state index contributed by atoms with van der Waals surface area (Å²) in [4.78, 5) is 14.1. The molecular weight excluding hydrogens is 472 g/mol. The predicted molar refractivity (Wildman–Crippen MR) is 108 cm³/mol. The maximum Gasteiger partial charge on any atom is 0.573 e. The van der Waals surface area contributed by atoms with Gasteiger partial charge in [-0.15, -0.1) is 18.3 Å². The number of benzene rings is 2. The van der Waals surface area contributed by atoms with Gasteiger partial charge in [0.15, 0.2) is 0 Å². The van der Waals surface area contributed by atoms with Crippen molar-refractivity contribution in [3.05, 3.63) is 59.7 Å². The summed E-state index contributed by atoms with van der Waals surface area (Å²) in [6, 6.07) is 8.05. The first-order valence-corrected chi connectivity index (χ1v) is 9.83. The highest BCUT2D eigenvalue weighted by Crippen LogP contribution is 2.30. The third-order valence-electron chi connectivity index (χ3n) is 4.53. The summed E-state index contributed by atoms with van der Waals surface area (Å²) in [7, 11) is 1.35. The van der Waals surface area contributed by atoms with E-state index in [2.05, 4.69) is 9.84 Å². The van der Waals surface area contributed by atoms with Gasteiger partial charge in [0.1, 0.15) is 12.3 Å². The number of carbonyl (C=O) groups is 1. The van der Waals surface area contributed by atoms with Gasteiger partial charge in [-0.3, -0.25) is 4.90 Å². The first kappa shape index (κ1) is 25.1. The van der Waals surface area contributed by atoms with Crippen LogP contribution < -0.4 is 9.64 Å². The van der Waals surface area contributed by atoms with E-state index in [1.807, 2.05) is 0 Å². The molecule has 7 nitrogen and oxygen atoms in total. The van der Waals surface area contributed by atoms with E-state index in [4.69, 9.17) is 9.47 Å². The molecule has 1 heterocycles. The number of hydrogen-bond acceptors (Lipinski definition) is 5. The average Bonchev–Trinajstić information content (AvgIpc) is 2.77. The molecule has 0 radical (unpaired) electrons. The van der Waals surface area contributed by atoms with Gasteiger partial charge >= 0.3 is 18.6 Å². The molecule has 34 heavy (non-hydrogen) atoms. The summed E-state index contributed by atoms with van der Waals surface area (Å²) >= 11 is 0. The Hall–Kier alpha value is -3.48. The smallest absolute Gasteiger partial charge is 0.444 e. The molecule has 1 aliphatic rings. The Morgan fingerprint density at radius 3 is 2.41 bits per heavy atom. The van der Waals surface area contributed by atoms with Gasteiger partial charge in [0.25, 0.3) is 0 Å². The van der Waals surface area contributed by atoms with Gasteiger partial charge in [-0.25, -0.2) is 9.80 Å². The minimum atomic E-state index is -4.86. The van der Waals surface area contributed by atoms with E-state index >= 15 is 0 Å². The van der Waals surface area contributed by atoms with E-state index in [1.165, 1.54) is 31.3 Å². The summed E-state index contributed by atoms with van der Waals surface area (Å²) < 4.78 is 91.1. The lowest BCUT2D eigenvalue weighted by Crippen LogP contribution is -2.47. The summed E-state index contributed by atoms with van der Waals surface area (Å²) in [5.41, 5.74) is -0.728. The van der Waals surface area contributed by atoms with E-state index in [1.54, 1.807) is 6.92 Å². The number of carbonyl (C=O) groups excluding carboxylic acids is 1. The Morgan fingerprint density at radius 2 is 1.82 bits per heavy atom. The second-order valence-corrected chi connectivity index (χ2v) is 6.95. The Kier molecular flexibility index (Phi) is 7.24. The van der Waals surface area contributed by atoms with Crippen molar-refractivity contribution in [1.82, 2.24) is 5.01 Å². The number of halogens is 6. The lowest BCUT2D eigenvalue weighted by atomic mass is 10.1. The standard InChI is InChI=1S/C21H19F6N3O4/c1-3-32-17-12-30(28-18(33-17)13-5-4-6-14(11-13)20(22,23)24)19(31)29(2)15-7-9-16(10-8-15)34-21(25,26)27/h4-11,17H,3,12H2,1-2H3. The largest absolute Gasteiger partial charge is 0.573 e. The number of hydrogen-bond donors (Lipinski definition) is 0. The van der Waals surface area contributed by atoms with Crippen LogP contribution in [0.2, 0.25) is 0 Å². The highest BCUT2D eigenvalue weighted by Gasteiger charge is 2.34. The molecule has 13 heteroatoms. The molecule has 0 saturated heterocycles. The monoisotopic (exact) mass is 491 g/mol. The SMILES string of the molecule is CCOC1CN(C(=O)N(C)c2ccc(OC(F)(F)F)cc2)N=C(c2cccc(C(F)(F)F)c2)O1. The molecule has 184 valence electrons. The average molecular weight is 491 g/mol. The molecule has 2 amide bonds. The molecule has 2 aromatic carbocycles. The molecule has 0 fully saturated rings. The zero-order chi connectivity index (χ0) is 25.1. The molecule has 0 spiro atoms. The topological polar surface area (TPSA) is 63.6 Å². The molecule has 1 atom stereocenters. The van der Waals surface area contributed by atoms with Crippen LogP contribution in [0.15, 0.2) is 53.6 Å². The van der Waals surface area contributed by atoms with Crippen LogP contribution in [0, 0.1) is 0 Å². The molecule has 0 bridgehead atoms. The minimum absolute atomic E-state index is 0.0201. The normalized spacial score (nSPS) is 16.5. The van der Waals surface area contributed by atoms with Crippen molar-refractivity contribution >= 4 is 17.6 Å². The van der Waals surface area contributed by atoms with Crippen molar-refractivity contribution in [1.29, 1.82) is 0 Å². The molecule has 0 aromatic heterocycles. The Balaban J connectivity index is 1.85. The summed E-state index contributed by atoms with van der Waals surface area (Å²) in [5, 5.41) is 4.98. The quantitative estimate of drug-likeness (QED) is 0.539. The fraction of sp³-hybridized carbons (Fsp3) is 0.333. The predicted octanol–water partition coefficient (Wildman–Crippen LogP) is 5.22. The Labute approximate surface area is 190 Å². The van der Waals surface area contributed by atoms with Gasteiger partial charge in [-0.05, 0) is 49.4 Å². The number of anilines is 1. The number of ether oxygens (including phenoxy) is 3. The maximum atomic E-state index is 13.1. The van der Waals surface area contributed by atoms with Gasteiger partial charge in [-0.2, -0.15) is 13.2 Å². The van der Waals surface area contributed by atoms with Crippen LogP contribution in [-0.2, 0) is 15.7 Å². The van der Waals surface area contributed by atoms with Crippen LogP contribution in [0.1, 0.15) is 18.1 Å². The second kappa shape index (κ2) is 9.79. The lowest BCUT2D eigenvalue weighted by Gasteiger charge is -2.32. The van der Waals surface area contributed by atoms with Crippen LogP contribution in [0.5, 0.6) is 5.75 Å². The fourth-order valence-corrected chi connectivity index (χ4v) is 2.98. The van der Waals surface area contributed by atoms with Gasteiger partial charge < -0.3 is 14.2 Å². The number of urea groups is 1. The number of amides is 2. The molecule has 2 aromatic rings. The van der Waals surface area contributed by atoms with Crippen molar-refractivity contribution in [3.8, 4) is 5.75 Å². The van der Waals surface area contributed by atoms with E-state index in [9.17, 15) is 31.1 Å². The van der Waals surface area contributed by atoms with Crippen molar-refractivity contribution in [2.45, 2.75) is 25.8 Å². The van der Waals surface area contributed by atoms with Crippen molar-refractivity contribution in [2.24, 2.45) is 5.10 Å². The van der Waals surface area contributed by atoms with Crippen LogP contribution in [0.3, 0.4) is 0 Å². The van der Waals surface area contributed by atoms with Gasteiger partial charge in [0, 0.05) is 24.9 Å². The van der Waals surface area contributed by atoms with Crippen LogP contribution in [0.25, 0.3) is 0 Å². The van der Waals surface area contributed by atoms with Crippen LogP contribution in [-0.4, -0.2) is 49.8 Å². The van der Waals surface area contributed by atoms with E-state index < -0.39 is 36.2 Å². The molecule has 1 unspecified atom stereocenters. The zero-order valence-corrected chi connectivity index (χ0v) is 17.9. The summed E-state index contributed by atoms with van der Waals surface area (Å²) in [5.74, 6) is -0.726. The molecule has 0 aliphatic carbocycles. The third-order valence-corrected chi connectivity index (χ3v) is 4.53. The third kappa shape index (κ3) is 6.31. The highest BCUT2D eigenvalue weighted by atomic mass is 19.4. The first-order valence-electron chi connectivity index (χ1n) is 9.83. The number of nitrogens with zero attached hydrogens (tertiary/aromatic N) is 3. The van der Waals surface area contributed by atoms with Crippen molar-refractivity contribution < 1.29 is 45.3 Å². The van der Waals surface area contributed by atoms with Crippen molar-refractivity contribution in [2.75, 3.05) is 25.1 Å². The van der Waals surface area contributed by atoms with E-state index in [-0.39, 0.29) is 30.3 Å². The van der Waals surface area contributed by atoms with Gasteiger partial charge in [0.05, 0.1) is 5.56 Å². The molecule has 3 rings (SSSR count). The number of alkyl halides is 6. The summed E-state index contributed by atoms with van der Waals surface area (Å²) in [6.45, 7) is 1.69. The number of hydrazone groups is 1. The molecular formula is C21H19F6N3O4. The van der Waals surface area contributed by atoms with Crippen LogP contribution in [0.4, 0.5) is 36.8 Å². The number of rotatable bonds is 5. The zero-order valence-electron chi connectivity index (χ0n) is 17.9. The minimum Gasteiger partial charge on any atom is -0.444 e. The molecule has 1 aliphatic heterocycles. The van der Waals surface area contributed by atoms with E-state index in [0.717, 1.165) is 34.2 Å². The van der Waals surface area contributed by atoms with Gasteiger partial charge in [-0.1, -0.05) is 6.07 Å². The first-order chi connectivity index (χ1) is 15.9. The van der Waals surface area contributed by atoms with E-state index in [0.29, 0.717) is 0 Å². The highest BCUT2D eigenvalue weighted by molar-refractivity contribution is 5.97. The van der Waals surface area contributed by atoms with Gasteiger partial charge in [0.2, 0.25) is 12.2 Å². The second-order valence-electron chi connectivity index (χ2n) is 6.95. The Morgan fingerprint density at radius 1 is 1.15 bits per heavy atom.